The van der Waals surface area contributed by atoms with Gasteiger partial charge in [-0.15, -0.1) is 0 Å². The number of hydrogen-bond donors (Lipinski definition) is 1. The Morgan fingerprint density at radius 3 is 2.80 bits per heavy atom. The van der Waals surface area contributed by atoms with E-state index in [4.69, 9.17) is 0 Å². The first kappa shape index (κ1) is 10.2. The van der Waals surface area contributed by atoms with E-state index in [0.717, 1.165) is 6.42 Å². The molecule has 0 aromatic heterocycles. The average molecular weight is 175 g/mol. The van der Waals surface area contributed by atoms with Gasteiger partial charge in [-0.25, -0.2) is 4.99 Å². The minimum absolute atomic E-state index is 0.0732. The molecule has 0 aromatic rings. The fourth-order valence-electron chi connectivity index (χ4n) is 0.702. The monoisotopic (exact) mass is 175 g/mol. The summed E-state index contributed by atoms with van der Waals surface area (Å²) < 4.78 is 0. The number of isothiocyanates is 1. The lowest BCUT2D eigenvalue weighted by Crippen LogP contribution is -1.92. The fourth-order valence-corrected chi connectivity index (χ4v) is 1.15. The molecule has 0 spiro atoms. The second-order valence-corrected chi connectivity index (χ2v) is 2.98. The van der Waals surface area contributed by atoms with Gasteiger partial charge in [0.05, 0.1) is 5.16 Å². The maximum absolute atomic E-state index is 4.44. The first-order valence-electron chi connectivity index (χ1n) is 3.56. The van der Waals surface area contributed by atoms with Gasteiger partial charge in [-0.3, -0.25) is 0 Å². The van der Waals surface area contributed by atoms with Crippen LogP contribution in [0.3, 0.4) is 0 Å². The Bertz CT molecular complexity index is 119. The van der Waals surface area contributed by atoms with Crippen molar-refractivity contribution in [3.8, 4) is 0 Å². The van der Waals surface area contributed by atoms with Crippen molar-refractivity contribution in [1.29, 1.82) is 0 Å². The van der Waals surface area contributed by atoms with Gasteiger partial charge in [0.1, 0.15) is 5.37 Å². The summed E-state index contributed by atoms with van der Waals surface area (Å²) in [5.74, 6) is 0. The summed E-state index contributed by atoms with van der Waals surface area (Å²) in [4.78, 5) is 3.83. The van der Waals surface area contributed by atoms with Gasteiger partial charge in [0.25, 0.3) is 0 Å². The van der Waals surface area contributed by atoms with Gasteiger partial charge in [0.15, 0.2) is 0 Å². The lowest BCUT2D eigenvalue weighted by Gasteiger charge is -2.00. The van der Waals surface area contributed by atoms with Crippen LogP contribution in [0, 0.1) is 0 Å². The standard InChI is InChI=1S/C7H13NS2/c1-2-3-4-5-7(10)8-6-9/h7,10H,2-5H2,1H3. The third-order valence-electron chi connectivity index (χ3n) is 1.27. The largest absolute Gasteiger partial charge is 0.218 e. The van der Waals surface area contributed by atoms with E-state index >= 15 is 0 Å². The molecule has 10 heavy (non-hydrogen) atoms. The van der Waals surface area contributed by atoms with E-state index in [2.05, 4.69) is 41.9 Å². The Kier molecular flexibility index (Phi) is 7.37. The highest BCUT2D eigenvalue weighted by molar-refractivity contribution is 7.81. The second kappa shape index (κ2) is 7.26. The summed E-state index contributed by atoms with van der Waals surface area (Å²) in [6, 6.07) is 0. The first-order chi connectivity index (χ1) is 4.81. The third kappa shape index (κ3) is 6.27. The molecule has 58 valence electrons. The molecule has 0 aliphatic carbocycles. The van der Waals surface area contributed by atoms with Gasteiger partial charge in [-0.05, 0) is 18.6 Å². The molecule has 1 unspecified atom stereocenters. The van der Waals surface area contributed by atoms with E-state index in [1.54, 1.807) is 0 Å². The average Bonchev–Trinajstić information content (AvgIpc) is 1.89. The maximum atomic E-state index is 4.44. The van der Waals surface area contributed by atoms with Gasteiger partial charge in [-0.2, -0.15) is 12.6 Å². The fraction of sp³-hybridized carbons (Fsp3) is 0.857. The first-order valence-corrected chi connectivity index (χ1v) is 4.48. The number of aliphatic imine (C=N–C) groups is 1. The van der Waals surface area contributed by atoms with Gasteiger partial charge < -0.3 is 0 Å². The van der Waals surface area contributed by atoms with E-state index in [0.29, 0.717) is 0 Å². The topological polar surface area (TPSA) is 12.4 Å². The van der Waals surface area contributed by atoms with Crippen LogP contribution in [0.5, 0.6) is 0 Å². The second-order valence-electron chi connectivity index (χ2n) is 2.20. The predicted molar refractivity (Wildman–Crippen MR) is 51.9 cm³/mol. The summed E-state index contributed by atoms with van der Waals surface area (Å²) in [7, 11) is 0. The van der Waals surface area contributed by atoms with Crippen LogP contribution in [0.2, 0.25) is 0 Å². The van der Waals surface area contributed by atoms with Gasteiger partial charge in [0, 0.05) is 0 Å². The highest BCUT2D eigenvalue weighted by atomic mass is 32.1. The summed E-state index contributed by atoms with van der Waals surface area (Å²) in [5, 5.41) is 2.40. The minimum atomic E-state index is 0.0732. The lowest BCUT2D eigenvalue weighted by molar-refractivity contribution is 0.659. The molecule has 0 bridgehead atoms. The normalized spacial score (nSPS) is 12.2. The number of thiol groups is 1. The molecule has 0 aromatic carbocycles. The predicted octanol–water partition coefficient (Wildman–Crippen LogP) is 2.93. The van der Waals surface area contributed by atoms with Crippen molar-refractivity contribution in [2.45, 2.75) is 38.0 Å². The summed E-state index contributed by atoms with van der Waals surface area (Å²) in [5.41, 5.74) is 0. The van der Waals surface area contributed by atoms with Gasteiger partial charge in [0.2, 0.25) is 0 Å². The molecule has 0 N–H and O–H groups in total. The molecule has 0 rings (SSSR count). The van der Waals surface area contributed by atoms with Crippen LogP contribution in [0.25, 0.3) is 0 Å². The quantitative estimate of drug-likeness (QED) is 0.293. The number of unbranched alkanes of at least 4 members (excludes halogenated alkanes) is 2. The lowest BCUT2D eigenvalue weighted by atomic mass is 10.2. The smallest absolute Gasteiger partial charge is 0.103 e. The van der Waals surface area contributed by atoms with E-state index < -0.39 is 0 Å². The summed E-state index contributed by atoms with van der Waals surface area (Å²) in [6.45, 7) is 2.18. The minimum Gasteiger partial charge on any atom is -0.218 e. The molecule has 0 saturated heterocycles. The molecule has 0 radical (unpaired) electrons. The highest BCUT2D eigenvalue weighted by Gasteiger charge is 1.96. The highest BCUT2D eigenvalue weighted by Crippen LogP contribution is 2.08. The number of nitrogens with zero attached hydrogens (tertiary/aromatic N) is 1. The van der Waals surface area contributed by atoms with Crippen LogP contribution in [-0.4, -0.2) is 10.5 Å². The molecular weight excluding hydrogens is 162 g/mol. The number of thiocarbonyl (C=S) groups is 1. The Morgan fingerprint density at radius 2 is 2.30 bits per heavy atom. The SMILES string of the molecule is CCCCCC(S)N=C=S. The van der Waals surface area contributed by atoms with Crippen LogP contribution in [0.4, 0.5) is 0 Å². The van der Waals surface area contributed by atoms with Crippen molar-refractivity contribution < 1.29 is 0 Å². The molecule has 1 nitrogen and oxygen atoms in total. The van der Waals surface area contributed by atoms with E-state index in [1.807, 2.05) is 0 Å². The van der Waals surface area contributed by atoms with Crippen molar-refractivity contribution >= 4 is 30.0 Å². The molecule has 1 atom stereocenters. The molecule has 0 heterocycles. The van der Waals surface area contributed by atoms with Crippen molar-refractivity contribution in [3.05, 3.63) is 0 Å². The van der Waals surface area contributed by atoms with Crippen LogP contribution in [-0.2, 0) is 0 Å². The van der Waals surface area contributed by atoms with Crippen molar-refractivity contribution in [2.75, 3.05) is 0 Å². The van der Waals surface area contributed by atoms with Crippen LogP contribution in [0.15, 0.2) is 4.99 Å². The third-order valence-corrected chi connectivity index (χ3v) is 1.75. The zero-order chi connectivity index (χ0) is 7.82. The number of hydrogen-bond acceptors (Lipinski definition) is 3. The Labute approximate surface area is 73.3 Å². The maximum Gasteiger partial charge on any atom is 0.103 e. The molecule has 0 fully saturated rings. The molecule has 0 aliphatic heterocycles. The summed E-state index contributed by atoms with van der Waals surface area (Å²) in [6.07, 6.45) is 4.69. The van der Waals surface area contributed by atoms with Crippen LogP contribution in [0.1, 0.15) is 32.6 Å². The van der Waals surface area contributed by atoms with E-state index in [-0.39, 0.29) is 5.37 Å². The Morgan fingerprint density at radius 1 is 1.60 bits per heavy atom. The van der Waals surface area contributed by atoms with Gasteiger partial charge in [-0.1, -0.05) is 26.2 Å². The van der Waals surface area contributed by atoms with Crippen molar-refractivity contribution in [3.63, 3.8) is 0 Å². The molecule has 0 amide bonds. The van der Waals surface area contributed by atoms with E-state index in [1.165, 1.54) is 19.3 Å². The van der Waals surface area contributed by atoms with Crippen molar-refractivity contribution in [2.24, 2.45) is 4.99 Å². The number of rotatable bonds is 5. The van der Waals surface area contributed by atoms with Gasteiger partial charge >= 0.3 is 0 Å². The van der Waals surface area contributed by atoms with Crippen molar-refractivity contribution in [1.82, 2.24) is 0 Å². The Hall–Kier alpha value is 0.150. The van der Waals surface area contributed by atoms with Crippen LogP contribution >= 0.6 is 24.8 Å². The van der Waals surface area contributed by atoms with Crippen LogP contribution < -0.4 is 0 Å². The molecule has 0 aliphatic rings. The van der Waals surface area contributed by atoms with E-state index in [9.17, 15) is 0 Å². The molecular formula is C7H13NS2. The zero-order valence-corrected chi connectivity index (χ0v) is 7.92. The molecule has 3 heteroatoms. The zero-order valence-electron chi connectivity index (χ0n) is 6.21. The Balaban J connectivity index is 3.21. The summed E-state index contributed by atoms with van der Waals surface area (Å²) >= 11 is 8.63. The molecule has 0 saturated carbocycles.